The predicted molar refractivity (Wildman–Crippen MR) is 68.5 cm³/mol. The van der Waals surface area contributed by atoms with Crippen molar-refractivity contribution in [2.24, 2.45) is 5.73 Å². The van der Waals surface area contributed by atoms with Gasteiger partial charge in [0.1, 0.15) is 11.5 Å². The fraction of sp³-hybridized carbons (Fsp3) is 0.0714. The van der Waals surface area contributed by atoms with Crippen LogP contribution in [0.4, 0.5) is 4.39 Å². The Bertz CT molecular complexity index is 703. The van der Waals surface area contributed by atoms with E-state index in [-0.39, 0.29) is 5.82 Å². The van der Waals surface area contributed by atoms with Gasteiger partial charge in [-0.1, -0.05) is 18.2 Å². The number of benzene rings is 1. The first-order valence-electron chi connectivity index (χ1n) is 5.70. The summed E-state index contributed by atoms with van der Waals surface area (Å²) in [6.45, 7) is 0.475. The van der Waals surface area contributed by atoms with Crippen molar-refractivity contribution in [3.05, 3.63) is 60.2 Å². The summed E-state index contributed by atoms with van der Waals surface area (Å²) in [6.07, 6.45) is 3.72. The predicted octanol–water partition coefficient (Wildman–Crippen LogP) is 2.60. The van der Waals surface area contributed by atoms with E-state index in [4.69, 9.17) is 5.73 Å². The maximum Gasteiger partial charge on any atom is 0.137 e. The number of rotatable bonds is 2. The lowest BCUT2D eigenvalue weighted by atomic mass is 10.1. The van der Waals surface area contributed by atoms with E-state index >= 15 is 0 Å². The van der Waals surface area contributed by atoms with Gasteiger partial charge >= 0.3 is 0 Å². The Morgan fingerprint density at radius 1 is 1.11 bits per heavy atom. The van der Waals surface area contributed by atoms with E-state index < -0.39 is 0 Å². The minimum absolute atomic E-state index is 0.264. The van der Waals surface area contributed by atoms with Crippen LogP contribution in [0, 0.1) is 5.82 Å². The molecule has 0 saturated heterocycles. The van der Waals surface area contributed by atoms with Crippen LogP contribution in [0.3, 0.4) is 0 Å². The van der Waals surface area contributed by atoms with Crippen LogP contribution >= 0.6 is 0 Å². The highest BCUT2D eigenvalue weighted by atomic mass is 19.1. The molecule has 0 radical (unpaired) electrons. The maximum absolute atomic E-state index is 13.7. The molecule has 3 nitrogen and oxygen atoms in total. The third kappa shape index (κ3) is 1.76. The van der Waals surface area contributed by atoms with Crippen LogP contribution in [0.25, 0.3) is 16.9 Å². The van der Waals surface area contributed by atoms with Gasteiger partial charge in [0.25, 0.3) is 0 Å². The second-order valence-corrected chi connectivity index (χ2v) is 4.11. The van der Waals surface area contributed by atoms with Crippen molar-refractivity contribution < 1.29 is 4.39 Å². The van der Waals surface area contributed by atoms with Crippen molar-refractivity contribution >= 4 is 5.65 Å². The zero-order valence-corrected chi connectivity index (χ0v) is 9.68. The molecule has 90 valence electrons. The lowest BCUT2D eigenvalue weighted by molar-refractivity contribution is 0.631. The van der Waals surface area contributed by atoms with Crippen LogP contribution in [0.5, 0.6) is 0 Å². The Morgan fingerprint density at radius 3 is 2.72 bits per heavy atom. The second kappa shape index (κ2) is 4.23. The van der Waals surface area contributed by atoms with E-state index in [2.05, 4.69) is 4.98 Å². The molecule has 0 fully saturated rings. The first-order chi connectivity index (χ1) is 8.78. The SMILES string of the molecule is NCc1ccc2nc(-c3ccccc3F)cn2c1. The lowest BCUT2D eigenvalue weighted by Gasteiger charge is -1.97. The first kappa shape index (κ1) is 10.9. The van der Waals surface area contributed by atoms with Crippen molar-refractivity contribution in [1.29, 1.82) is 0 Å². The van der Waals surface area contributed by atoms with Gasteiger partial charge in [0.05, 0.1) is 5.69 Å². The quantitative estimate of drug-likeness (QED) is 0.749. The van der Waals surface area contributed by atoms with Gasteiger partial charge in [-0.2, -0.15) is 0 Å². The Kier molecular flexibility index (Phi) is 2.57. The Morgan fingerprint density at radius 2 is 1.94 bits per heavy atom. The number of hydrogen-bond donors (Lipinski definition) is 1. The summed E-state index contributed by atoms with van der Waals surface area (Å²) in [7, 11) is 0. The molecule has 0 aliphatic carbocycles. The van der Waals surface area contributed by atoms with Crippen LogP contribution in [0.2, 0.25) is 0 Å². The molecular weight excluding hydrogens is 229 g/mol. The molecule has 0 unspecified atom stereocenters. The molecule has 0 aliphatic rings. The third-order valence-electron chi connectivity index (χ3n) is 2.90. The van der Waals surface area contributed by atoms with Crippen molar-refractivity contribution in [2.75, 3.05) is 0 Å². The molecule has 0 atom stereocenters. The first-order valence-corrected chi connectivity index (χ1v) is 5.70. The van der Waals surface area contributed by atoms with Gasteiger partial charge in [0.15, 0.2) is 0 Å². The fourth-order valence-electron chi connectivity index (χ4n) is 1.96. The highest BCUT2D eigenvalue weighted by Gasteiger charge is 2.08. The Labute approximate surface area is 104 Å². The van der Waals surface area contributed by atoms with Crippen molar-refractivity contribution in [3.8, 4) is 11.3 Å². The number of nitrogens with zero attached hydrogens (tertiary/aromatic N) is 2. The van der Waals surface area contributed by atoms with Gasteiger partial charge in [0.2, 0.25) is 0 Å². The van der Waals surface area contributed by atoms with Crippen LogP contribution < -0.4 is 5.73 Å². The fourth-order valence-corrected chi connectivity index (χ4v) is 1.96. The zero-order chi connectivity index (χ0) is 12.5. The molecule has 0 spiro atoms. The topological polar surface area (TPSA) is 43.3 Å². The van der Waals surface area contributed by atoms with Gasteiger partial charge < -0.3 is 10.1 Å². The molecule has 1 aromatic carbocycles. The van der Waals surface area contributed by atoms with Crippen molar-refractivity contribution in [1.82, 2.24) is 9.38 Å². The number of nitrogens with two attached hydrogens (primary N) is 1. The summed E-state index contributed by atoms with van der Waals surface area (Å²) in [5.41, 5.74) is 8.52. The van der Waals surface area contributed by atoms with Crippen molar-refractivity contribution in [3.63, 3.8) is 0 Å². The minimum Gasteiger partial charge on any atom is -0.326 e. The summed E-state index contributed by atoms with van der Waals surface area (Å²) >= 11 is 0. The van der Waals surface area contributed by atoms with Crippen LogP contribution in [-0.2, 0) is 6.54 Å². The highest BCUT2D eigenvalue weighted by molar-refractivity contribution is 5.63. The molecule has 0 aliphatic heterocycles. The zero-order valence-electron chi connectivity index (χ0n) is 9.68. The minimum atomic E-state index is -0.264. The second-order valence-electron chi connectivity index (χ2n) is 4.11. The lowest BCUT2D eigenvalue weighted by Crippen LogP contribution is -1.97. The van der Waals surface area contributed by atoms with E-state index in [1.807, 2.05) is 28.9 Å². The number of halogens is 1. The Balaban J connectivity index is 2.17. The average molecular weight is 241 g/mol. The summed E-state index contributed by atoms with van der Waals surface area (Å²) in [4.78, 5) is 4.40. The highest BCUT2D eigenvalue weighted by Crippen LogP contribution is 2.22. The summed E-state index contributed by atoms with van der Waals surface area (Å²) in [5.74, 6) is -0.264. The van der Waals surface area contributed by atoms with Gasteiger partial charge in [-0.25, -0.2) is 9.37 Å². The maximum atomic E-state index is 13.7. The summed E-state index contributed by atoms with van der Waals surface area (Å²) in [6, 6.07) is 10.4. The summed E-state index contributed by atoms with van der Waals surface area (Å²) in [5, 5.41) is 0. The molecule has 3 aromatic rings. The van der Waals surface area contributed by atoms with Crippen molar-refractivity contribution in [2.45, 2.75) is 6.54 Å². The molecular formula is C14H12FN3. The molecule has 0 amide bonds. The van der Waals surface area contributed by atoms with E-state index in [9.17, 15) is 4.39 Å². The average Bonchev–Trinajstić information content (AvgIpc) is 2.81. The molecule has 2 N–H and O–H groups in total. The molecule has 2 aromatic heterocycles. The normalized spacial score (nSPS) is 11.0. The molecule has 3 rings (SSSR count). The van der Waals surface area contributed by atoms with Crippen LogP contribution in [0.1, 0.15) is 5.56 Å². The monoisotopic (exact) mass is 241 g/mol. The number of fused-ring (bicyclic) bond motifs is 1. The number of pyridine rings is 1. The van der Waals surface area contributed by atoms with Crippen LogP contribution in [-0.4, -0.2) is 9.38 Å². The molecule has 4 heteroatoms. The van der Waals surface area contributed by atoms with Gasteiger partial charge in [-0.3, -0.25) is 0 Å². The molecule has 2 heterocycles. The van der Waals surface area contributed by atoms with E-state index in [1.54, 1.807) is 18.2 Å². The van der Waals surface area contributed by atoms with Crippen LogP contribution in [0.15, 0.2) is 48.8 Å². The van der Waals surface area contributed by atoms with E-state index in [0.717, 1.165) is 11.2 Å². The summed E-state index contributed by atoms with van der Waals surface area (Å²) < 4.78 is 15.5. The smallest absolute Gasteiger partial charge is 0.137 e. The van der Waals surface area contributed by atoms with Gasteiger partial charge in [0, 0.05) is 24.5 Å². The van der Waals surface area contributed by atoms with E-state index in [1.165, 1.54) is 6.07 Å². The number of aromatic nitrogens is 2. The molecule has 18 heavy (non-hydrogen) atoms. The standard InChI is InChI=1S/C14H12FN3/c15-12-4-2-1-3-11(12)13-9-18-8-10(7-16)5-6-14(18)17-13/h1-6,8-9H,7,16H2. The third-order valence-corrected chi connectivity index (χ3v) is 2.90. The van der Waals surface area contributed by atoms with Gasteiger partial charge in [-0.05, 0) is 23.8 Å². The van der Waals surface area contributed by atoms with E-state index in [0.29, 0.717) is 17.8 Å². The number of hydrogen-bond acceptors (Lipinski definition) is 2. The largest absolute Gasteiger partial charge is 0.326 e. The molecule has 0 saturated carbocycles. The Hall–Kier alpha value is -2.20. The number of imidazole rings is 1. The molecule has 0 bridgehead atoms. The van der Waals surface area contributed by atoms with Gasteiger partial charge in [-0.15, -0.1) is 0 Å².